The fourth-order valence-corrected chi connectivity index (χ4v) is 2.70. The number of piperazine rings is 1. The van der Waals surface area contributed by atoms with Gasteiger partial charge in [0.1, 0.15) is 5.69 Å². The average Bonchev–Trinajstić information content (AvgIpc) is 2.40. The summed E-state index contributed by atoms with van der Waals surface area (Å²) in [5.41, 5.74) is 5.14. The second-order valence-corrected chi connectivity index (χ2v) is 5.33. The van der Waals surface area contributed by atoms with Gasteiger partial charge in [0, 0.05) is 37.9 Å². The molecule has 1 aromatic rings. The molecule has 0 saturated carbocycles. The normalized spacial score (nSPS) is 20.3. The first kappa shape index (κ1) is 14.0. The van der Waals surface area contributed by atoms with E-state index in [0.717, 1.165) is 26.3 Å². The van der Waals surface area contributed by atoms with E-state index in [4.69, 9.17) is 10.5 Å². The first-order chi connectivity index (χ1) is 10.1. The summed E-state index contributed by atoms with van der Waals surface area (Å²) in [5.74, 6) is -0.742. The summed E-state index contributed by atoms with van der Waals surface area (Å²) in [6.45, 7) is 4.62. The molecule has 0 aliphatic carbocycles. The van der Waals surface area contributed by atoms with Crippen LogP contribution in [0.1, 0.15) is 0 Å². The van der Waals surface area contributed by atoms with Crippen molar-refractivity contribution in [2.45, 2.75) is 6.04 Å². The minimum absolute atomic E-state index is 0.375. The molecule has 2 aliphatic rings. The summed E-state index contributed by atoms with van der Waals surface area (Å²) in [7, 11) is 0. The average molecular weight is 296 g/mol. The second kappa shape index (κ2) is 5.45. The topological polar surface area (TPSA) is 84.9 Å². The molecule has 0 unspecified atom stereocenters. The Hall–Kier alpha value is -1.93. The number of benzene rings is 1. The van der Waals surface area contributed by atoms with Crippen LogP contribution in [0.4, 0.5) is 21.5 Å². The Bertz CT molecular complexity index is 557. The molecule has 7 nitrogen and oxygen atoms in total. The van der Waals surface area contributed by atoms with Crippen LogP contribution in [-0.4, -0.2) is 55.3 Å². The van der Waals surface area contributed by atoms with Gasteiger partial charge in [-0.25, -0.2) is 4.39 Å². The molecule has 0 amide bonds. The molecule has 1 aromatic carbocycles. The van der Waals surface area contributed by atoms with Crippen molar-refractivity contribution >= 4 is 17.1 Å². The number of anilines is 2. The van der Waals surface area contributed by atoms with Gasteiger partial charge in [-0.1, -0.05) is 0 Å². The van der Waals surface area contributed by atoms with Crippen LogP contribution in [0.15, 0.2) is 12.1 Å². The molecular weight excluding hydrogens is 279 g/mol. The highest BCUT2D eigenvalue weighted by Gasteiger charge is 2.29. The number of nitrogens with two attached hydrogens (primary N) is 1. The van der Waals surface area contributed by atoms with Gasteiger partial charge in [0.25, 0.3) is 5.69 Å². The lowest BCUT2D eigenvalue weighted by Crippen LogP contribution is -2.56. The fourth-order valence-electron chi connectivity index (χ4n) is 2.70. The summed E-state index contributed by atoms with van der Waals surface area (Å²) in [6, 6.07) is 3.09. The van der Waals surface area contributed by atoms with E-state index in [1.54, 1.807) is 0 Å². The van der Waals surface area contributed by atoms with Gasteiger partial charge in [0.2, 0.25) is 0 Å². The Morgan fingerprint density at radius 2 is 1.95 bits per heavy atom. The quantitative estimate of drug-likeness (QED) is 0.505. The highest BCUT2D eigenvalue weighted by atomic mass is 19.1. The summed E-state index contributed by atoms with van der Waals surface area (Å²) < 4.78 is 18.9. The van der Waals surface area contributed by atoms with E-state index in [-0.39, 0.29) is 5.69 Å². The van der Waals surface area contributed by atoms with Crippen molar-refractivity contribution in [1.29, 1.82) is 0 Å². The Kier molecular flexibility index (Phi) is 3.64. The first-order valence-electron chi connectivity index (χ1n) is 6.86. The number of nitro benzene ring substituents is 1. The van der Waals surface area contributed by atoms with Crippen LogP contribution in [0.5, 0.6) is 0 Å². The van der Waals surface area contributed by atoms with Gasteiger partial charge in [-0.3, -0.25) is 15.0 Å². The zero-order chi connectivity index (χ0) is 15.0. The number of nitrogens with zero attached hydrogens (tertiary/aromatic N) is 3. The van der Waals surface area contributed by atoms with Crippen LogP contribution in [0, 0.1) is 15.9 Å². The van der Waals surface area contributed by atoms with Gasteiger partial charge in [-0.15, -0.1) is 0 Å². The molecule has 8 heteroatoms. The van der Waals surface area contributed by atoms with E-state index < -0.39 is 16.4 Å². The smallest absolute Gasteiger partial charge is 0.297 e. The Morgan fingerprint density at radius 1 is 1.29 bits per heavy atom. The Balaban J connectivity index is 1.74. The number of hydrogen-bond acceptors (Lipinski definition) is 6. The molecule has 2 heterocycles. The molecule has 114 valence electrons. The van der Waals surface area contributed by atoms with Crippen LogP contribution in [0.3, 0.4) is 0 Å². The van der Waals surface area contributed by atoms with Gasteiger partial charge in [0.15, 0.2) is 5.82 Å². The monoisotopic (exact) mass is 296 g/mol. The predicted molar refractivity (Wildman–Crippen MR) is 75.9 cm³/mol. The van der Waals surface area contributed by atoms with Crippen LogP contribution < -0.4 is 10.6 Å². The van der Waals surface area contributed by atoms with Crippen molar-refractivity contribution in [3.05, 3.63) is 28.1 Å². The predicted octanol–water partition coefficient (Wildman–Crippen LogP) is 0.837. The minimum Gasteiger partial charge on any atom is -0.391 e. The molecule has 2 fully saturated rings. The molecule has 0 aromatic heterocycles. The van der Waals surface area contributed by atoms with Crippen molar-refractivity contribution < 1.29 is 14.1 Å². The van der Waals surface area contributed by atoms with Gasteiger partial charge in [-0.2, -0.15) is 0 Å². The lowest BCUT2D eigenvalue weighted by atomic mass is 10.1. The maximum absolute atomic E-state index is 13.7. The van der Waals surface area contributed by atoms with E-state index in [0.29, 0.717) is 24.8 Å². The van der Waals surface area contributed by atoms with Crippen LogP contribution in [0.25, 0.3) is 0 Å². The summed E-state index contributed by atoms with van der Waals surface area (Å²) in [4.78, 5) is 14.6. The lowest BCUT2D eigenvalue weighted by Gasteiger charge is -2.43. The van der Waals surface area contributed by atoms with Crippen molar-refractivity contribution in [3.63, 3.8) is 0 Å². The third kappa shape index (κ3) is 2.64. The maximum Gasteiger partial charge on any atom is 0.297 e. The molecule has 2 saturated heterocycles. The summed E-state index contributed by atoms with van der Waals surface area (Å²) in [6.07, 6.45) is 0. The lowest BCUT2D eigenvalue weighted by molar-refractivity contribution is -0.384. The second-order valence-electron chi connectivity index (χ2n) is 5.33. The molecule has 0 atom stereocenters. The third-order valence-electron chi connectivity index (χ3n) is 4.11. The molecule has 3 rings (SSSR count). The third-order valence-corrected chi connectivity index (χ3v) is 4.11. The Labute approximate surface area is 121 Å². The van der Waals surface area contributed by atoms with Gasteiger partial charge in [0.05, 0.1) is 24.2 Å². The number of nitro groups is 1. The molecule has 0 spiro atoms. The molecular formula is C13H17FN4O3. The number of halogens is 1. The van der Waals surface area contributed by atoms with Gasteiger partial charge < -0.3 is 15.4 Å². The molecule has 2 aliphatic heterocycles. The maximum atomic E-state index is 13.7. The Morgan fingerprint density at radius 3 is 2.48 bits per heavy atom. The highest BCUT2D eigenvalue weighted by Crippen LogP contribution is 2.31. The zero-order valence-corrected chi connectivity index (χ0v) is 11.5. The molecule has 21 heavy (non-hydrogen) atoms. The van der Waals surface area contributed by atoms with Crippen molar-refractivity contribution in [2.75, 3.05) is 50.0 Å². The standard InChI is InChI=1S/C13H17FN4O3/c14-11-5-9(6-12(13(11)15)18(19)20)16-1-3-17(4-2-16)10-7-21-8-10/h5-6,10H,1-4,7-8,15H2. The zero-order valence-electron chi connectivity index (χ0n) is 11.5. The van der Waals surface area contributed by atoms with E-state index in [2.05, 4.69) is 4.90 Å². The molecule has 0 radical (unpaired) electrons. The molecule has 2 N–H and O–H groups in total. The summed E-state index contributed by atoms with van der Waals surface area (Å²) >= 11 is 0. The van der Waals surface area contributed by atoms with E-state index in [9.17, 15) is 14.5 Å². The minimum atomic E-state index is -0.742. The van der Waals surface area contributed by atoms with E-state index >= 15 is 0 Å². The largest absolute Gasteiger partial charge is 0.391 e. The van der Waals surface area contributed by atoms with Crippen molar-refractivity contribution in [2.24, 2.45) is 0 Å². The van der Waals surface area contributed by atoms with Gasteiger partial charge in [-0.05, 0) is 6.07 Å². The van der Waals surface area contributed by atoms with Crippen LogP contribution in [0.2, 0.25) is 0 Å². The van der Waals surface area contributed by atoms with E-state index in [1.807, 2.05) is 4.90 Å². The SMILES string of the molecule is Nc1c(F)cc(N2CCN(C3COC3)CC2)cc1[N+](=O)[O-]. The van der Waals surface area contributed by atoms with Crippen LogP contribution in [-0.2, 0) is 4.74 Å². The summed E-state index contributed by atoms with van der Waals surface area (Å²) in [5, 5.41) is 10.9. The number of ether oxygens (including phenoxy) is 1. The van der Waals surface area contributed by atoms with Crippen molar-refractivity contribution in [1.82, 2.24) is 4.90 Å². The van der Waals surface area contributed by atoms with Crippen molar-refractivity contribution in [3.8, 4) is 0 Å². The van der Waals surface area contributed by atoms with Crippen LogP contribution >= 0.6 is 0 Å². The van der Waals surface area contributed by atoms with E-state index in [1.165, 1.54) is 12.1 Å². The van der Waals surface area contributed by atoms with Gasteiger partial charge >= 0.3 is 0 Å². The number of hydrogen-bond donors (Lipinski definition) is 1. The molecule has 0 bridgehead atoms. The fraction of sp³-hybridized carbons (Fsp3) is 0.538. The number of nitrogen functional groups attached to an aromatic ring is 1. The number of rotatable bonds is 3. The highest BCUT2D eigenvalue weighted by molar-refractivity contribution is 5.67. The first-order valence-corrected chi connectivity index (χ1v) is 6.86.